The second-order valence-corrected chi connectivity index (χ2v) is 39.6. The molecule has 0 radical (unpaired) electrons. The summed E-state index contributed by atoms with van der Waals surface area (Å²) in [7, 11) is 0. The van der Waals surface area contributed by atoms with Crippen LogP contribution in [0.3, 0.4) is 0 Å². The molecule has 136 heavy (non-hydrogen) atoms. The zero-order valence-corrected chi connectivity index (χ0v) is 94.1. The van der Waals surface area contributed by atoms with Crippen molar-refractivity contribution in [3.63, 3.8) is 0 Å². The number of carboxylic acids is 3. The number of phenols is 1. The van der Waals surface area contributed by atoms with Crippen LogP contribution in [0, 0.1) is 142 Å². The first-order valence-corrected chi connectivity index (χ1v) is 44.9. The Balaban J connectivity index is -0.000000972. The molecule has 3 saturated heterocycles. The molecule has 3 amide bonds. The van der Waals surface area contributed by atoms with Crippen LogP contribution in [-0.2, 0) is 71.7 Å². The van der Waals surface area contributed by atoms with Crippen LogP contribution in [-0.4, -0.2) is 148 Å². The summed E-state index contributed by atoms with van der Waals surface area (Å²) in [5.74, 6) is -28.1. The standard InChI is InChI=1S/C68H96N2O18.C16H14O3.C10H16O3.C4H11N.C2H6O.C2H5.CH4.4Na.H2O/c1-19-64(9,10)53(63(85)87-42-27-25-41(26-28-42)48(72)29-47(71)40-23-21-38(7)22-24-40)46(59(80)81)33-68(17,18)52(61(83)86-20-2)45(58(78)79)32-67(15,16)51-43(55(74)70(56(51)75)35-37(5)6)30-66(13,14)50(54(73)69-34-36(3)4)44(57(76)77)31-65(11,12)49-39(8)60(82)88-62(49)84;1-11-2-4-12(5-3-11)15(18)10-16(19)13-6-8-14(17)9-7-13;1-5-10(3,4)7-6(2)8(11)13-9(7)12;1-4(2)3-5;1-2-3;1-2;;;;;;/h21-28,36-37,39,43-46,49-53H,19-20,29-35H2,1-18H3,(H,69,73)(H,76,77)(H,78,79)(H,80,81);2-9,17H,10H2,1H3;6-7H,5H2,1-4H3;4H,3,5H2,1-2H3;3H,2H2,1H3;1H2,2H3;1H4;;;;;1H2/q;;;;;-1;;4*+1;/p-4. The average Bonchev–Trinajstić information content (AvgIpc) is 1.57. The number of aliphatic carboxylic acids is 3. The number of nitrogens with two attached hydrogens (primary N) is 1. The van der Waals surface area contributed by atoms with Crippen LogP contribution in [0.4, 0.5) is 0 Å². The number of ketones is 4. The largest absolute Gasteiger partial charge is 1.00 e. The minimum Gasteiger partial charge on any atom is -0.870 e. The van der Waals surface area contributed by atoms with E-state index in [2.05, 4.69) is 30.8 Å². The molecule has 0 spiro atoms. The van der Waals surface area contributed by atoms with Gasteiger partial charge in [-0.05, 0) is 159 Å². The number of benzene rings is 4. The van der Waals surface area contributed by atoms with Gasteiger partial charge in [-0.25, -0.2) is 0 Å². The van der Waals surface area contributed by atoms with Crippen LogP contribution in [0.1, 0.15) is 284 Å². The number of likely N-dealkylation sites (tertiary alicyclic amines) is 1. The zero-order chi connectivity index (χ0) is 100. The topological polar surface area (TPSA) is 491 Å². The third kappa shape index (κ3) is 40.1. The number of carbonyl (C=O) groups excluding carboxylic acids is 16. The maximum absolute atomic E-state index is 15.1. The van der Waals surface area contributed by atoms with E-state index in [0.29, 0.717) is 22.6 Å². The molecule has 3 fully saturated rings. The van der Waals surface area contributed by atoms with Crippen LogP contribution in [0.25, 0.3) is 0 Å². The summed E-state index contributed by atoms with van der Waals surface area (Å²) in [5, 5.41) is 60.7. The number of Topliss-reactive ketones (excluding diaryl/α,β-unsaturated/α-hetero) is 4. The van der Waals surface area contributed by atoms with E-state index in [1.54, 1.807) is 133 Å². The van der Waals surface area contributed by atoms with Crippen LogP contribution in [0.2, 0.25) is 0 Å². The van der Waals surface area contributed by atoms with E-state index in [1.165, 1.54) is 76.2 Å². The van der Waals surface area contributed by atoms with Crippen LogP contribution in [0.5, 0.6) is 11.5 Å². The van der Waals surface area contributed by atoms with E-state index < -0.39 is 177 Å². The number of hydrogen-bond donors (Lipinski definition) is 4. The van der Waals surface area contributed by atoms with Gasteiger partial charge in [-0.15, -0.1) is 0 Å². The molecule has 12 unspecified atom stereocenters. The van der Waals surface area contributed by atoms with Gasteiger partial charge in [0.15, 0.2) is 23.1 Å². The number of cyclic esters (lactones) is 4. The van der Waals surface area contributed by atoms with Gasteiger partial charge in [0.25, 0.3) is 0 Å². The molecular formula is C103H150N3Na4O26-. The fourth-order valence-electron chi connectivity index (χ4n) is 17.3. The number of rotatable bonds is 40. The van der Waals surface area contributed by atoms with Crippen molar-refractivity contribution in [3.05, 3.63) is 137 Å². The minimum absolute atomic E-state index is 0. The van der Waals surface area contributed by atoms with Crippen molar-refractivity contribution >= 4 is 94.6 Å². The van der Waals surface area contributed by atoms with Crippen molar-refractivity contribution in [3.8, 4) is 11.5 Å². The minimum atomic E-state index is -1.88. The molecular weight excluding hydrogens is 1790 g/mol. The summed E-state index contributed by atoms with van der Waals surface area (Å²) in [6, 6.07) is 25.2. The van der Waals surface area contributed by atoms with Crippen LogP contribution >= 0.6 is 0 Å². The van der Waals surface area contributed by atoms with E-state index in [1.807, 2.05) is 60.6 Å². The monoisotopic (exact) mass is 1940 g/mol. The molecule has 4 aromatic carbocycles. The average molecular weight is 1940 g/mol. The number of aliphatic hydroxyl groups excluding tert-OH is 1. The Hall–Kier alpha value is -6.52. The number of imide groups is 1. The van der Waals surface area contributed by atoms with Gasteiger partial charge in [0, 0.05) is 77.6 Å². The molecule has 33 heteroatoms. The summed E-state index contributed by atoms with van der Waals surface area (Å²) in [5.41, 5.74) is 1.25. The van der Waals surface area contributed by atoms with E-state index in [4.69, 9.17) is 30.2 Å². The zero-order valence-electron chi connectivity index (χ0n) is 86.1. The molecule has 7 rings (SSSR count). The van der Waals surface area contributed by atoms with Crippen LogP contribution in [0.15, 0.2) is 97.1 Å². The quantitative estimate of drug-likeness (QED) is 0.00709. The number of aromatic hydroxyl groups is 1. The van der Waals surface area contributed by atoms with Crippen molar-refractivity contribution in [2.45, 2.75) is 246 Å². The SMILES string of the molecule is C.CC(C)CN.CCC(C)(C)C1C(=O)OC(=O)C1C.CCO.CCOC(=O)C(C(CC(C)(C)C1C(=O)N(CC(C)C)C(=O)C1CC(C)(C)C(C(=O)NCC(C)C)C(CC(C)(C)C1C(=O)OC(=O)C1C)C(=O)[O-])C(=O)[O-])C(C)(C)CC(C(=O)[O-])C(C(=O)Oc1ccc(C(=O)CC(=O)c2ccc(C)cc2)cc1)C(C)(C)CC.Cc1ccc(C(=O)CC(=O)c2ccc(O)cc2)cc1.[CH2-]C.[Na+].[Na+].[Na+].[Na+].[OH-]. The third-order valence-electron chi connectivity index (χ3n) is 24.9. The number of aryl methyl sites for hydroxylation is 2. The Bertz CT molecular complexity index is 4510. The Morgan fingerprint density at radius 3 is 1.14 bits per heavy atom. The number of hydrogen-bond acceptors (Lipinski definition) is 27. The van der Waals surface area contributed by atoms with E-state index in [9.17, 15) is 82.4 Å². The molecule has 3 aliphatic heterocycles. The van der Waals surface area contributed by atoms with E-state index in [-0.39, 0.29) is 253 Å². The first-order chi connectivity index (χ1) is 60.1. The second kappa shape index (κ2) is 62.0. The maximum atomic E-state index is 15.1. The van der Waals surface area contributed by atoms with Gasteiger partial charge in [-0.2, -0.15) is 6.92 Å². The number of ether oxygens (including phenoxy) is 4. The van der Waals surface area contributed by atoms with Gasteiger partial charge in [-0.3, -0.25) is 67.2 Å². The first kappa shape index (κ1) is 138. The molecule has 0 aromatic heterocycles. The maximum Gasteiger partial charge on any atom is 1.00 e. The fourth-order valence-corrected chi connectivity index (χ4v) is 17.3. The van der Waals surface area contributed by atoms with Crippen molar-refractivity contribution in [1.82, 2.24) is 10.2 Å². The predicted octanol–water partition coefficient (Wildman–Crippen LogP) is 1.16. The number of carbonyl (C=O) groups is 16. The summed E-state index contributed by atoms with van der Waals surface area (Å²) in [6.45, 7) is 50.8. The smallest absolute Gasteiger partial charge is 0.870 e. The predicted molar refractivity (Wildman–Crippen MR) is 494 cm³/mol. The Labute approximate surface area is 895 Å². The summed E-state index contributed by atoms with van der Waals surface area (Å²) < 4.78 is 20.9. The molecule has 0 saturated carbocycles. The van der Waals surface area contributed by atoms with Crippen molar-refractivity contribution in [2.75, 3.05) is 32.8 Å². The Morgan fingerprint density at radius 1 is 0.478 bits per heavy atom. The molecule has 0 bridgehead atoms. The van der Waals surface area contributed by atoms with Gasteiger partial charge in [0.1, 0.15) is 11.5 Å². The molecule has 29 nitrogen and oxygen atoms in total. The Kier molecular flexibility index (Phi) is 62.9. The number of carboxylic acid groups (broad SMARTS) is 3. The molecule has 4 aromatic rings. The second-order valence-electron chi connectivity index (χ2n) is 39.6. The van der Waals surface area contributed by atoms with Gasteiger partial charge in [-0.1, -0.05) is 232 Å². The molecule has 0 aliphatic carbocycles. The van der Waals surface area contributed by atoms with Gasteiger partial charge in [0.05, 0.1) is 72.7 Å². The number of amides is 3. The number of nitrogens with one attached hydrogen (secondary N) is 1. The molecule has 3 aliphatic rings. The third-order valence-corrected chi connectivity index (χ3v) is 24.9. The summed E-state index contributed by atoms with van der Waals surface area (Å²) in [4.78, 5) is 214. The summed E-state index contributed by atoms with van der Waals surface area (Å²) in [6.07, 6.45) is -1.36. The molecule has 3 heterocycles. The number of esters is 6. The van der Waals surface area contributed by atoms with Crippen LogP contribution < -0.4 is 149 Å². The normalized spacial score (nSPS) is 17.6. The Morgan fingerprint density at radius 2 is 0.816 bits per heavy atom. The van der Waals surface area contributed by atoms with E-state index in [0.717, 1.165) is 29.0 Å². The van der Waals surface area contributed by atoms with Crippen molar-refractivity contribution < 1.29 is 245 Å². The fraction of sp³-hybridized carbons (Fsp3) is 0.602. The molecule has 6 N–H and O–H groups in total. The number of phenolic OH excluding ortho intramolecular Hbond substituents is 1. The van der Waals surface area contributed by atoms with Crippen molar-refractivity contribution in [1.29, 1.82) is 0 Å². The number of aliphatic hydroxyl groups is 1. The first-order valence-electron chi connectivity index (χ1n) is 44.9. The van der Waals surface area contributed by atoms with E-state index >= 15 is 9.59 Å². The summed E-state index contributed by atoms with van der Waals surface area (Å²) >= 11 is 0. The van der Waals surface area contributed by atoms with Gasteiger partial charge < -0.3 is 82.3 Å². The number of nitrogens with zero attached hydrogens (tertiary/aromatic N) is 1. The van der Waals surface area contributed by atoms with Gasteiger partial charge in [0.2, 0.25) is 17.7 Å². The molecule has 12 atom stereocenters. The van der Waals surface area contributed by atoms with Crippen molar-refractivity contribution in [2.24, 2.45) is 127 Å². The van der Waals surface area contributed by atoms with Gasteiger partial charge >= 0.3 is 154 Å². The molecule has 738 valence electrons.